The van der Waals surface area contributed by atoms with Gasteiger partial charge in [-0.3, -0.25) is 0 Å². The third kappa shape index (κ3) is 3.90. The first-order valence-corrected chi connectivity index (χ1v) is 11.7. The molecule has 0 spiro atoms. The Hall–Kier alpha value is -3.90. The van der Waals surface area contributed by atoms with Crippen molar-refractivity contribution in [1.82, 2.24) is 0 Å². The molecule has 0 amide bonds. The maximum atomic E-state index is 9.09. The quantitative estimate of drug-likeness (QED) is 0.194. The van der Waals surface area contributed by atoms with Gasteiger partial charge in [-0.15, -0.1) is 0 Å². The lowest BCUT2D eigenvalue weighted by Crippen LogP contribution is -2.36. The fourth-order valence-electron chi connectivity index (χ4n) is 4.62. The maximum Gasteiger partial charge on any atom is 0.216 e. The number of hydrogen-bond donors (Lipinski definition) is 0. The van der Waals surface area contributed by atoms with Crippen LogP contribution in [0.1, 0.15) is 43.1 Å². The number of pyridine rings is 1. The molecule has 3 nitrogen and oxygen atoms in total. The summed E-state index contributed by atoms with van der Waals surface area (Å²) in [7, 11) is 1.82. The Labute approximate surface area is 213 Å². The van der Waals surface area contributed by atoms with Crippen LogP contribution < -0.4 is 4.57 Å². The van der Waals surface area contributed by atoms with Gasteiger partial charge in [0.2, 0.25) is 5.69 Å². The average Bonchev–Trinajstić information content (AvgIpc) is 3.26. The molecule has 3 aromatic carbocycles. The summed E-state index contributed by atoms with van der Waals surface area (Å²) in [4.78, 5) is 3.76. The SMILES string of the molecule is [2H]c1c([2H])c(-c2c(C)ccc3c2oc2c(-c4ccccc4)c([N+]#[C-])ccc23)[n+](C)c(C)c1C([2H])([2H])C(C)(C)C. The number of aryl methyl sites for hydroxylation is 1. The summed E-state index contributed by atoms with van der Waals surface area (Å²) in [5.41, 5.74) is 5.43. The summed E-state index contributed by atoms with van der Waals surface area (Å²) in [6.07, 6.45) is -1.82. The fourth-order valence-corrected chi connectivity index (χ4v) is 4.62. The first-order chi connectivity index (χ1) is 18.3. The Kier molecular flexibility index (Phi) is 4.42. The monoisotopic (exact) mass is 463 g/mol. The molecular weight excluding hydrogens is 428 g/mol. The van der Waals surface area contributed by atoms with Gasteiger partial charge in [-0.2, -0.15) is 4.57 Å². The summed E-state index contributed by atoms with van der Waals surface area (Å²) in [5, 5.41) is 1.73. The van der Waals surface area contributed by atoms with Gasteiger partial charge >= 0.3 is 0 Å². The standard InChI is InChI=1S/C32H31N2O/c1-20-13-15-24-25-16-17-26(33-6)29(22-11-9-8-10-12-22)31(25)35-30(24)28(20)27-18-14-23(19-32(3,4)5)21(2)34(27)7/h8-18H,19H2,1-5,7H3/q+1/i14D,18D,19D2. The number of nitrogens with zero attached hydrogens (tertiary/aromatic N) is 2. The van der Waals surface area contributed by atoms with Crippen LogP contribution >= 0.6 is 0 Å². The summed E-state index contributed by atoms with van der Waals surface area (Å²) in [6, 6.07) is 17.3. The molecule has 0 saturated carbocycles. The first-order valence-electron chi connectivity index (χ1n) is 13.7. The minimum Gasteiger partial charge on any atom is -0.456 e. The Balaban J connectivity index is 1.90. The highest BCUT2D eigenvalue weighted by molar-refractivity contribution is 6.15. The van der Waals surface area contributed by atoms with E-state index in [-0.39, 0.29) is 17.6 Å². The fraction of sp³-hybridized carbons (Fsp3) is 0.250. The lowest BCUT2D eigenvalue weighted by molar-refractivity contribution is -0.667. The molecule has 0 aliphatic rings. The predicted octanol–water partition coefficient (Wildman–Crippen LogP) is 8.50. The normalized spacial score (nSPS) is 13.9. The van der Waals surface area contributed by atoms with E-state index in [0.29, 0.717) is 33.8 Å². The van der Waals surface area contributed by atoms with Gasteiger partial charge in [0.05, 0.1) is 14.9 Å². The van der Waals surface area contributed by atoms with Crippen LogP contribution in [-0.4, -0.2) is 0 Å². The van der Waals surface area contributed by atoms with Crippen molar-refractivity contribution in [3.8, 4) is 22.4 Å². The highest BCUT2D eigenvalue weighted by Gasteiger charge is 2.25. The second kappa shape index (κ2) is 8.40. The lowest BCUT2D eigenvalue weighted by atomic mass is 9.87. The van der Waals surface area contributed by atoms with Gasteiger partial charge in [0.1, 0.15) is 18.2 Å². The maximum absolute atomic E-state index is 9.09. The van der Waals surface area contributed by atoms with Gasteiger partial charge in [-0.05, 0) is 35.9 Å². The van der Waals surface area contributed by atoms with Crippen LogP contribution in [0, 0.1) is 25.8 Å². The van der Waals surface area contributed by atoms with Crippen molar-refractivity contribution in [2.75, 3.05) is 0 Å². The first kappa shape index (κ1) is 18.4. The van der Waals surface area contributed by atoms with E-state index in [1.807, 2.05) is 101 Å². The molecule has 0 bridgehead atoms. The molecule has 0 unspecified atom stereocenters. The van der Waals surface area contributed by atoms with Crippen molar-refractivity contribution in [3.05, 3.63) is 94.9 Å². The van der Waals surface area contributed by atoms with E-state index in [1.54, 1.807) is 0 Å². The number of hydrogen-bond acceptors (Lipinski definition) is 1. The number of aromatic nitrogens is 1. The highest BCUT2D eigenvalue weighted by atomic mass is 16.3. The smallest absolute Gasteiger partial charge is 0.216 e. The number of rotatable bonds is 3. The van der Waals surface area contributed by atoms with E-state index < -0.39 is 11.8 Å². The molecule has 35 heavy (non-hydrogen) atoms. The van der Waals surface area contributed by atoms with Crippen LogP contribution in [0.2, 0.25) is 0 Å². The Bertz CT molecular complexity index is 1790. The largest absolute Gasteiger partial charge is 0.456 e. The zero-order valence-corrected chi connectivity index (χ0v) is 21.0. The molecule has 0 atom stereocenters. The van der Waals surface area contributed by atoms with Crippen LogP contribution in [0.15, 0.2) is 71.1 Å². The van der Waals surface area contributed by atoms with Crippen LogP contribution in [0.5, 0.6) is 0 Å². The Morgan fingerprint density at radius 2 is 1.60 bits per heavy atom. The van der Waals surface area contributed by atoms with Gasteiger partial charge in [0.15, 0.2) is 11.4 Å². The van der Waals surface area contributed by atoms with Gasteiger partial charge < -0.3 is 4.42 Å². The highest BCUT2D eigenvalue weighted by Crippen LogP contribution is 2.44. The molecule has 5 aromatic rings. The van der Waals surface area contributed by atoms with Gasteiger partial charge in [0, 0.05) is 37.6 Å². The molecule has 2 aromatic heterocycles. The van der Waals surface area contributed by atoms with Crippen LogP contribution in [0.3, 0.4) is 0 Å². The second-order valence-corrected chi connectivity index (χ2v) is 10.0. The molecule has 174 valence electrons. The number of fused-ring (bicyclic) bond motifs is 3. The molecule has 2 heterocycles. The summed E-state index contributed by atoms with van der Waals surface area (Å²) in [6.45, 7) is 17.0. The Morgan fingerprint density at radius 3 is 2.26 bits per heavy atom. The molecule has 0 aliphatic heterocycles. The van der Waals surface area contributed by atoms with E-state index in [4.69, 9.17) is 16.5 Å². The van der Waals surface area contributed by atoms with Gasteiger partial charge in [-0.25, -0.2) is 4.85 Å². The predicted molar refractivity (Wildman–Crippen MR) is 145 cm³/mol. The summed E-state index contributed by atoms with van der Waals surface area (Å²) >= 11 is 0. The topological polar surface area (TPSA) is 21.4 Å². The van der Waals surface area contributed by atoms with Crippen molar-refractivity contribution >= 4 is 27.6 Å². The Morgan fingerprint density at radius 1 is 0.943 bits per heavy atom. The second-order valence-electron chi connectivity index (χ2n) is 10.0. The summed E-state index contributed by atoms with van der Waals surface area (Å²) < 4.78 is 44.2. The van der Waals surface area contributed by atoms with Gasteiger partial charge in [0.25, 0.3) is 0 Å². The molecule has 0 fully saturated rings. The molecule has 0 radical (unpaired) electrons. The van der Waals surface area contributed by atoms with E-state index in [9.17, 15) is 0 Å². The van der Waals surface area contributed by atoms with E-state index in [0.717, 1.165) is 27.5 Å². The van der Waals surface area contributed by atoms with E-state index in [2.05, 4.69) is 4.85 Å². The van der Waals surface area contributed by atoms with Gasteiger partial charge in [-0.1, -0.05) is 75.4 Å². The van der Waals surface area contributed by atoms with Crippen LogP contribution in [0.4, 0.5) is 5.69 Å². The lowest BCUT2D eigenvalue weighted by Gasteiger charge is -2.19. The third-order valence-corrected chi connectivity index (χ3v) is 6.42. The zero-order valence-electron chi connectivity index (χ0n) is 25.0. The van der Waals surface area contributed by atoms with Crippen LogP contribution in [0.25, 0.3) is 49.2 Å². The minimum atomic E-state index is -1.82. The molecule has 0 saturated heterocycles. The van der Waals surface area contributed by atoms with E-state index in [1.165, 1.54) is 0 Å². The van der Waals surface area contributed by atoms with Crippen molar-refractivity contribution < 1.29 is 14.5 Å². The van der Waals surface area contributed by atoms with Crippen LogP contribution in [-0.2, 0) is 13.4 Å². The van der Waals surface area contributed by atoms with Crippen molar-refractivity contribution in [3.63, 3.8) is 0 Å². The van der Waals surface area contributed by atoms with E-state index >= 15 is 0 Å². The molecule has 0 aliphatic carbocycles. The average molecular weight is 464 g/mol. The van der Waals surface area contributed by atoms with Crippen molar-refractivity contribution in [2.24, 2.45) is 12.5 Å². The minimum absolute atomic E-state index is 0.0487. The van der Waals surface area contributed by atoms with Crippen molar-refractivity contribution in [1.29, 1.82) is 0 Å². The molecule has 0 N–H and O–H groups in total. The third-order valence-electron chi connectivity index (χ3n) is 6.42. The molecular formula is C32H31N2O+. The van der Waals surface area contributed by atoms with Crippen molar-refractivity contribution in [2.45, 2.75) is 41.0 Å². The number of benzene rings is 3. The molecule has 3 heteroatoms. The zero-order chi connectivity index (χ0) is 28.4. The summed E-state index contributed by atoms with van der Waals surface area (Å²) in [5.74, 6) is 0. The molecule has 5 rings (SSSR count). The number of furan rings is 1.